The van der Waals surface area contributed by atoms with Crippen LogP contribution in [-0.2, 0) is 14.3 Å². The number of rotatable bonds is 5. The maximum absolute atomic E-state index is 12.5. The van der Waals surface area contributed by atoms with E-state index in [1.54, 1.807) is 28.4 Å². The molecule has 0 unspecified atom stereocenters. The predicted octanol–water partition coefficient (Wildman–Crippen LogP) is 3.85. The van der Waals surface area contributed by atoms with E-state index in [-0.39, 0.29) is 18.4 Å². The summed E-state index contributed by atoms with van der Waals surface area (Å²) in [5.41, 5.74) is 1.00. The van der Waals surface area contributed by atoms with Crippen molar-refractivity contribution in [3.8, 4) is 0 Å². The molecule has 3 heterocycles. The highest BCUT2D eigenvalue weighted by Crippen LogP contribution is 2.32. The number of hydrogen-bond donors (Lipinski definition) is 0. The maximum atomic E-state index is 12.5. The largest absolute Gasteiger partial charge is 0.465 e. The molecule has 2 aromatic heterocycles. The molecule has 3 aromatic rings. The van der Waals surface area contributed by atoms with Crippen molar-refractivity contribution in [2.45, 2.75) is 18.8 Å². The second kappa shape index (κ2) is 8.39. The average Bonchev–Trinajstić information content (AvgIpc) is 3.40. The van der Waals surface area contributed by atoms with Crippen molar-refractivity contribution in [3.63, 3.8) is 0 Å². The first-order valence-corrected chi connectivity index (χ1v) is 10.0. The van der Waals surface area contributed by atoms with Crippen LogP contribution in [0.1, 0.15) is 29.5 Å². The summed E-state index contributed by atoms with van der Waals surface area (Å²) in [6.07, 6.45) is 6.21. The van der Waals surface area contributed by atoms with Crippen molar-refractivity contribution in [2.24, 2.45) is 0 Å². The smallest absolute Gasteiger partial charge is 0.331 e. The van der Waals surface area contributed by atoms with Gasteiger partial charge in [0.25, 0.3) is 5.91 Å². The number of esters is 1. The number of furan rings is 1. The summed E-state index contributed by atoms with van der Waals surface area (Å²) in [6.45, 7) is 1.03. The van der Waals surface area contributed by atoms with Crippen LogP contribution in [0.2, 0.25) is 0 Å². The van der Waals surface area contributed by atoms with Gasteiger partial charge in [0.15, 0.2) is 6.61 Å². The number of amides is 1. The lowest BCUT2D eigenvalue weighted by Crippen LogP contribution is -2.41. The zero-order valence-corrected chi connectivity index (χ0v) is 16.1. The molecule has 1 amide bonds. The monoisotopic (exact) mass is 396 g/mol. The fourth-order valence-electron chi connectivity index (χ4n) is 3.28. The highest BCUT2D eigenvalue weighted by Gasteiger charge is 2.27. The van der Waals surface area contributed by atoms with Gasteiger partial charge in [0, 0.05) is 25.1 Å². The molecule has 1 aromatic carbocycles. The highest BCUT2D eigenvalue weighted by molar-refractivity contribution is 7.18. The zero-order chi connectivity index (χ0) is 19.3. The fraction of sp³-hybridized carbons (Fsp3) is 0.286. The first-order chi connectivity index (χ1) is 13.7. The standard InChI is InChI=1S/C21H20N2O4S/c24-19(14-27-20(25)10-9-16-6-4-12-26-16)23-11-3-5-15(13-23)21-22-17-7-1-2-8-18(17)28-21/h1-2,4,6-10,12,15H,3,5,11,13-14H2/b10-9+/t15-/m1/s1. The van der Waals surface area contributed by atoms with Gasteiger partial charge >= 0.3 is 5.97 Å². The second-order valence-corrected chi connectivity index (χ2v) is 7.72. The number of fused-ring (bicyclic) bond motifs is 1. The minimum absolute atomic E-state index is 0.175. The van der Waals surface area contributed by atoms with Gasteiger partial charge in [-0.15, -0.1) is 11.3 Å². The molecular weight excluding hydrogens is 376 g/mol. The molecule has 0 saturated carbocycles. The van der Waals surface area contributed by atoms with E-state index in [2.05, 4.69) is 6.07 Å². The molecular formula is C21H20N2O4S. The summed E-state index contributed by atoms with van der Waals surface area (Å²) in [7, 11) is 0. The average molecular weight is 396 g/mol. The van der Waals surface area contributed by atoms with Gasteiger partial charge in [0.05, 0.1) is 21.5 Å². The zero-order valence-electron chi connectivity index (χ0n) is 15.2. The van der Waals surface area contributed by atoms with Crippen LogP contribution < -0.4 is 0 Å². The lowest BCUT2D eigenvalue weighted by Gasteiger charge is -2.31. The Morgan fingerprint density at radius 1 is 1.29 bits per heavy atom. The Bertz CT molecular complexity index is 960. The van der Waals surface area contributed by atoms with Crippen LogP contribution in [-0.4, -0.2) is 41.5 Å². The van der Waals surface area contributed by atoms with Gasteiger partial charge in [-0.3, -0.25) is 4.79 Å². The highest BCUT2D eigenvalue weighted by atomic mass is 32.1. The van der Waals surface area contributed by atoms with E-state index >= 15 is 0 Å². The van der Waals surface area contributed by atoms with Crippen LogP contribution in [0.15, 0.2) is 53.2 Å². The first-order valence-electron chi connectivity index (χ1n) is 9.20. The quantitative estimate of drug-likeness (QED) is 0.484. The summed E-state index contributed by atoms with van der Waals surface area (Å²) in [6, 6.07) is 11.5. The minimum atomic E-state index is -0.565. The summed E-state index contributed by atoms with van der Waals surface area (Å²) in [5.74, 6) is 0.0395. The number of carbonyl (C=O) groups is 2. The van der Waals surface area contributed by atoms with Gasteiger partial charge in [-0.05, 0) is 43.2 Å². The molecule has 1 atom stereocenters. The third kappa shape index (κ3) is 4.31. The Labute approximate surface area is 166 Å². The van der Waals surface area contributed by atoms with Crippen LogP contribution in [0.5, 0.6) is 0 Å². The third-order valence-electron chi connectivity index (χ3n) is 4.70. The molecule has 0 spiro atoms. The van der Waals surface area contributed by atoms with Gasteiger partial charge in [-0.25, -0.2) is 9.78 Å². The maximum Gasteiger partial charge on any atom is 0.331 e. The number of aromatic nitrogens is 1. The number of hydrogen-bond acceptors (Lipinski definition) is 6. The number of carbonyl (C=O) groups excluding carboxylic acids is 2. The van der Waals surface area contributed by atoms with E-state index in [4.69, 9.17) is 14.1 Å². The summed E-state index contributed by atoms with van der Waals surface area (Å²) < 4.78 is 11.3. The molecule has 28 heavy (non-hydrogen) atoms. The van der Waals surface area contributed by atoms with Crippen LogP contribution >= 0.6 is 11.3 Å². The molecule has 1 aliphatic rings. The second-order valence-electron chi connectivity index (χ2n) is 6.66. The van der Waals surface area contributed by atoms with E-state index < -0.39 is 5.97 Å². The van der Waals surface area contributed by atoms with Gasteiger partial charge in [-0.2, -0.15) is 0 Å². The number of benzene rings is 1. The van der Waals surface area contributed by atoms with Crippen molar-refractivity contribution < 1.29 is 18.7 Å². The molecule has 1 fully saturated rings. The molecule has 0 radical (unpaired) electrons. The van der Waals surface area contributed by atoms with Gasteiger partial charge in [0.2, 0.25) is 0 Å². The number of piperidine rings is 1. The number of thiazole rings is 1. The molecule has 4 rings (SSSR count). The lowest BCUT2D eigenvalue weighted by molar-refractivity contribution is -0.148. The Morgan fingerprint density at radius 3 is 3.00 bits per heavy atom. The van der Waals surface area contributed by atoms with Crippen molar-refractivity contribution >= 4 is 39.5 Å². The Kier molecular flexibility index (Phi) is 5.53. The normalized spacial score (nSPS) is 17.3. The minimum Gasteiger partial charge on any atom is -0.465 e. The number of ether oxygens (including phenoxy) is 1. The Morgan fingerprint density at radius 2 is 2.18 bits per heavy atom. The van der Waals surface area contributed by atoms with Gasteiger partial charge in [-0.1, -0.05) is 12.1 Å². The van der Waals surface area contributed by atoms with E-state index in [0.717, 1.165) is 23.4 Å². The Hall–Kier alpha value is -2.93. The third-order valence-corrected chi connectivity index (χ3v) is 5.90. The van der Waals surface area contributed by atoms with Crippen molar-refractivity contribution in [2.75, 3.05) is 19.7 Å². The van der Waals surface area contributed by atoms with Crippen molar-refractivity contribution in [1.29, 1.82) is 0 Å². The number of para-hydroxylation sites is 1. The molecule has 6 nitrogen and oxygen atoms in total. The molecule has 0 aliphatic carbocycles. The lowest BCUT2D eigenvalue weighted by atomic mass is 9.99. The molecule has 1 aliphatic heterocycles. The summed E-state index contributed by atoms with van der Waals surface area (Å²) >= 11 is 1.69. The van der Waals surface area contributed by atoms with E-state index in [9.17, 15) is 9.59 Å². The van der Waals surface area contributed by atoms with Gasteiger partial charge in [0.1, 0.15) is 5.76 Å². The van der Waals surface area contributed by atoms with Crippen molar-refractivity contribution in [3.05, 3.63) is 59.5 Å². The van der Waals surface area contributed by atoms with E-state index in [1.807, 2.05) is 18.2 Å². The molecule has 0 N–H and O–H groups in total. The van der Waals surface area contributed by atoms with Crippen LogP contribution in [0.3, 0.4) is 0 Å². The molecule has 7 heteroatoms. The number of nitrogens with zero attached hydrogens (tertiary/aromatic N) is 2. The first kappa shape index (κ1) is 18.4. The van der Waals surface area contributed by atoms with Gasteiger partial charge < -0.3 is 14.1 Å². The molecule has 1 saturated heterocycles. The molecule has 144 valence electrons. The van der Waals surface area contributed by atoms with Crippen LogP contribution in [0, 0.1) is 0 Å². The topological polar surface area (TPSA) is 72.6 Å². The summed E-state index contributed by atoms with van der Waals surface area (Å²) in [4.78, 5) is 30.8. The Balaban J connectivity index is 1.32. The number of likely N-dealkylation sites (tertiary alicyclic amines) is 1. The SMILES string of the molecule is O=C(/C=C/c1ccco1)OCC(=O)N1CCC[C@@H](c2nc3ccccc3s2)C1. The van der Waals surface area contributed by atoms with Crippen molar-refractivity contribution in [1.82, 2.24) is 9.88 Å². The summed E-state index contributed by atoms with van der Waals surface area (Å²) in [5, 5.41) is 1.07. The van der Waals surface area contributed by atoms with E-state index in [0.29, 0.717) is 18.8 Å². The fourth-order valence-corrected chi connectivity index (χ4v) is 4.37. The predicted molar refractivity (Wildman–Crippen MR) is 107 cm³/mol. The van der Waals surface area contributed by atoms with Crippen LogP contribution in [0.4, 0.5) is 0 Å². The van der Waals surface area contributed by atoms with E-state index in [1.165, 1.54) is 23.1 Å². The van der Waals surface area contributed by atoms with Crippen LogP contribution in [0.25, 0.3) is 16.3 Å². The molecule has 0 bridgehead atoms.